The van der Waals surface area contributed by atoms with Gasteiger partial charge >= 0.3 is 0 Å². The highest BCUT2D eigenvalue weighted by Gasteiger charge is 2.11. The van der Waals surface area contributed by atoms with Gasteiger partial charge in [0, 0.05) is 12.1 Å². The van der Waals surface area contributed by atoms with Crippen LogP contribution < -0.4 is 10.6 Å². The summed E-state index contributed by atoms with van der Waals surface area (Å²) in [7, 11) is 0. The Balaban J connectivity index is 2.00. The van der Waals surface area contributed by atoms with Crippen LogP contribution in [0.2, 0.25) is 0 Å². The molecule has 0 saturated heterocycles. The fraction of sp³-hybridized carbons (Fsp3) is 0.385. The van der Waals surface area contributed by atoms with E-state index in [-0.39, 0.29) is 11.6 Å². The molecule has 2 heterocycles. The van der Waals surface area contributed by atoms with Crippen LogP contribution in [0, 0.1) is 6.92 Å². The molecule has 2 aromatic rings. The van der Waals surface area contributed by atoms with Crippen molar-refractivity contribution in [3.63, 3.8) is 0 Å². The van der Waals surface area contributed by atoms with E-state index >= 15 is 0 Å². The highest BCUT2D eigenvalue weighted by atomic mass is 16.5. The van der Waals surface area contributed by atoms with E-state index in [4.69, 9.17) is 4.52 Å². The van der Waals surface area contributed by atoms with Crippen molar-refractivity contribution < 1.29 is 9.32 Å². The zero-order chi connectivity index (χ0) is 14.5. The Labute approximate surface area is 116 Å². The van der Waals surface area contributed by atoms with Crippen molar-refractivity contribution in [3.8, 4) is 0 Å². The molecule has 1 atom stereocenters. The van der Waals surface area contributed by atoms with E-state index in [9.17, 15) is 4.79 Å². The Morgan fingerprint density at radius 3 is 2.70 bits per heavy atom. The second kappa shape index (κ2) is 6.14. The molecule has 1 amide bonds. The van der Waals surface area contributed by atoms with E-state index in [1.54, 1.807) is 25.1 Å². The predicted molar refractivity (Wildman–Crippen MR) is 74.6 cm³/mol. The van der Waals surface area contributed by atoms with Gasteiger partial charge in [0.25, 0.3) is 5.91 Å². The summed E-state index contributed by atoms with van der Waals surface area (Å²) in [4.78, 5) is 11.9. The van der Waals surface area contributed by atoms with Gasteiger partial charge in [0.2, 0.25) is 0 Å². The first-order chi connectivity index (χ1) is 9.58. The second-order valence-corrected chi connectivity index (χ2v) is 4.53. The van der Waals surface area contributed by atoms with Crippen molar-refractivity contribution in [2.24, 2.45) is 0 Å². The average molecular weight is 275 g/mol. The zero-order valence-electron chi connectivity index (χ0n) is 11.7. The van der Waals surface area contributed by atoms with Crippen molar-refractivity contribution in [1.82, 2.24) is 15.4 Å². The molecule has 0 aliphatic carbocycles. The third-order valence-corrected chi connectivity index (χ3v) is 2.77. The van der Waals surface area contributed by atoms with Gasteiger partial charge in [-0.2, -0.15) is 0 Å². The van der Waals surface area contributed by atoms with Gasteiger partial charge in [0.1, 0.15) is 11.6 Å². The lowest BCUT2D eigenvalue weighted by Gasteiger charge is -2.11. The molecule has 7 heteroatoms. The molecule has 2 rings (SSSR count). The van der Waals surface area contributed by atoms with Crippen molar-refractivity contribution >= 4 is 17.5 Å². The SMILES string of the molecule is CCC(C)Nc1ccc(C(=O)Nc2cc(C)on2)nn1. The fourth-order valence-corrected chi connectivity index (χ4v) is 1.49. The van der Waals surface area contributed by atoms with E-state index in [2.05, 4.69) is 39.8 Å². The molecule has 0 saturated carbocycles. The third-order valence-electron chi connectivity index (χ3n) is 2.77. The van der Waals surface area contributed by atoms with Gasteiger partial charge in [0.15, 0.2) is 11.5 Å². The number of anilines is 2. The van der Waals surface area contributed by atoms with Crippen LogP contribution in [0.15, 0.2) is 22.7 Å². The number of hydrogen-bond acceptors (Lipinski definition) is 6. The van der Waals surface area contributed by atoms with Crippen LogP contribution in [-0.4, -0.2) is 27.3 Å². The molecular formula is C13H17N5O2. The van der Waals surface area contributed by atoms with Gasteiger partial charge in [-0.05, 0) is 32.4 Å². The molecule has 7 nitrogen and oxygen atoms in total. The summed E-state index contributed by atoms with van der Waals surface area (Å²) in [6.45, 7) is 5.87. The summed E-state index contributed by atoms with van der Waals surface area (Å²) in [6.07, 6.45) is 0.982. The predicted octanol–water partition coefficient (Wildman–Crippen LogP) is 2.24. The van der Waals surface area contributed by atoms with E-state index in [0.717, 1.165) is 6.42 Å². The number of carbonyl (C=O) groups is 1. The van der Waals surface area contributed by atoms with Crippen LogP contribution in [0.3, 0.4) is 0 Å². The standard InChI is InChI=1S/C13H17N5O2/c1-4-8(2)14-11-6-5-10(16-17-11)13(19)15-12-7-9(3)20-18-12/h5-8H,4H2,1-3H3,(H,14,17)(H,15,18,19). The molecule has 0 aromatic carbocycles. The molecule has 0 aliphatic heterocycles. The van der Waals surface area contributed by atoms with E-state index in [1.807, 2.05) is 0 Å². The van der Waals surface area contributed by atoms with Crippen LogP contribution >= 0.6 is 0 Å². The quantitative estimate of drug-likeness (QED) is 0.869. The van der Waals surface area contributed by atoms with Crippen LogP contribution in [-0.2, 0) is 0 Å². The van der Waals surface area contributed by atoms with E-state index in [0.29, 0.717) is 23.4 Å². The Morgan fingerprint density at radius 2 is 2.15 bits per heavy atom. The first-order valence-corrected chi connectivity index (χ1v) is 6.43. The second-order valence-electron chi connectivity index (χ2n) is 4.53. The summed E-state index contributed by atoms with van der Waals surface area (Å²) in [5.74, 6) is 1.25. The molecule has 106 valence electrons. The fourth-order valence-electron chi connectivity index (χ4n) is 1.49. The highest BCUT2D eigenvalue weighted by Crippen LogP contribution is 2.10. The Bertz CT molecular complexity index is 579. The largest absolute Gasteiger partial charge is 0.366 e. The van der Waals surface area contributed by atoms with Crippen molar-refractivity contribution in [2.75, 3.05) is 10.6 Å². The molecular weight excluding hydrogens is 258 g/mol. The molecule has 0 spiro atoms. The van der Waals surface area contributed by atoms with Crippen molar-refractivity contribution in [1.29, 1.82) is 0 Å². The first-order valence-electron chi connectivity index (χ1n) is 6.43. The molecule has 2 aromatic heterocycles. The lowest BCUT2D eigenvalue weighted by Crippen LogP contribution is -2.17. The number of amides is 1. The monoisotopic (exact) mass is 275 g/mol. The minimum atomic E-state index is -0.374. The number of carbonyl (C=O) groups excluding carboxylic acids is 1. The van der Waals surface area contributed by atoms with Crippen LogP contribution in [0.4, 0.5) is 11.6 Å². The Morgan fingerprint density at radius 1 is 1.35 bits per heavy atom. The summed E-state index contributed by atoms with van der Waals surface area (Å²) in [5.41, 5.74) is 0.223. The van der Waals surface area contributed by atoms with Crippen LogP contribution in [0.1, 0.15) is 36.5 Å². The van der Waals surface area contributed by atoms with Crippen LogP contribution in [0.5, 0.6) is 0 Å². The summed E-state index contributed by atoms with van der Waals surface area (Å²) < 4.78 is 4.87. The molecule has 1 unspecified atom stereocenters. The molecule has 20 heavy (non-hydrogen) atoms. The maximum Gasteiger partial charge on any atom is 0.277 e. The third kappa shape index (κ3) is 3.53. The molecule has 0 aliphatic rings. The van der Waals surface area contributed by atoms with Gasteiger partial charge < -0.3 is 15.2 Å². The number of nitrogens with one attached hydrogen (secondary N) is 2. The summed E-state index contributed by atoms with van der Waals surface area (Å²) in [5, 5.41) is 17.3. The van der Waals surface area contributed by atoms with Gasteiger partial charge in [-0.15, -0.1) is 10.2 Å². The van der Waals surface area contributed by atoms with Gasteiger partial charge in [-0.1, -0.05) is 12.1 Å². The van der Waals surface area contributed by atoms with Gasteiger partial charge in [-0.3, -0.25) is 4.79 Å². The molecule has 0 radical (unpaired) electrons. The number of nitrogens with zero attached hydrogens (tertiary/aromatic N) is 3. The maximum absolute atomic E-state index is 11.9. The Kier molecular flexibility index (Phi) is 4.29. The highest BCUT2D eigenvalue weighted by molar-refractivity contribution is 6.02. The van der Waals surface area contributed by atoms with Gasteiger partial charge in [0.05, 0.1) is 0 Å². The minimum absolute atomic E-state index is 0.223. The van der Waals surface area contributed by atoms with Gasteiger partial charge in [-0.25, -0.2) is 0 Å². The maximum atomic E-state index is 11.9. The molecule has 0 bridgehead atoms. The number of aromatic nitrogens is 3. The smallest absolute Gasteiger partial charge is 0.277 e. The van der Waals surface area contributed by atoms with E-state index in [1.165, 1.54) is 0 Å². The zero-order valence-corrected chi connectivity index (χ0v) is 11.7. The van der Waals surface area contributed by atoms with Crippen molar-refractivity contribution in [2.45, 2.75) is 33.2 Å². The lowest BCUT2D eigenvalue weighted by atomic mass is 10.2. The Hall–Kier alpha value is -2.44. The minimum Gasteiger partial charge on any atom is -0.366 e. The normalized spacial score (nSPS) is 11.9. The lowest BCUT2D eigenvalue weighted by molar-refractivity contribution is 0.102. The number of aryl methyl sites for hydroxylation is 1. The summed E-state index contributed by atoms with van der Waals surface area (Å²) >= 11 is 0. The number of hydrogen-bond donors (Lipinski definition) is 2. The first kappa shape index (κ1) is 14.0. The van der Waals surface area contributed by atoms with Crippen molar-refractivity contribution in [3.05, 3.63) is 29.7 Å². The van der Waals surface area contributed by atoms with Crippen LogP contribution in [0.25, 0.3) is 0 Å². The average Bonchev–Trinajstić information content (AvgIpc) is 2.84. The topological polar surface area (TPSA) is 92.9 Å². The van der Waals surface area contributed by atoms with E-state index < -0.39 is 0 Å². The summed E-state index contributed by atoms with van der Waals surface area (Å²) in [6, 6.07) is 5.27. The molecule has 0 fully saturated rings. The number of rotatable bonds is 5. The molecule has 2 N–H and O–H groups in total.